The second-order valence-electron chi connectivity index (χ2n) is 7.14. The van der Waals surface area contributed by atoms with Gasteiger partial charge in [-0.25, -0.2) is 8.42 Å². The summed E-state index contributed by atoms with van der Waals surface area (Å²) < 4.78 is 27.9. The van der Waals surface area contributed by atoms with Gasteiger partial charge in [0, 0.05) is 28.9 Å². The van der Waals surface area contributed by atoms with Crippen LogP contribution in [0.2, 0.25) is 5.02 Å². The Bertz CT molecular complexity index is 1230. The first-order chi connectivity index (χ1) is 14.9. The van der Waals surface area contributed by atoms with Crippen molar-refractivity contribution in [2.75, 3.05) is 18.4 Å². The molecule has 1 saturated heterocycles. The summed E-state index contributed by atoms with van der Waals surface area (Å²) in [5, 5.41) is 6.85. The van der Waals surface area contributed by atoms with Gasteiger partial charge in [-0.1, -0.05) is 36.2 Å². The molecule has 6 nitrogen and oxygen atoms in total. The van der Waals surface area contributed by atoms with Crippen LogP contribution in [0, 0.1) is 0 Å². The largest absolute Gasteiger partial charge is 0.332 e. The van der Waals surface area contributed by atoms with Crippen LogP contribution in [-0.2, 0) is 10.0 Å². The second kappa shape index (κ2) is 9.22. The summed E-state index contributed by atoms with van der Waals surface area (Å²) in [6, 6.07) is 13.9. The van der Waals surface area contributed by atoms with Crippen molar-refractivity contribution in [3.8, 4) is 0 Å². The number of hydrogen-bond donors (Lipinski definition) is 2. The van der Waals surface area contributed by atoms with Crippen molar-refractivity contribution < 1.29 is 13.2 Å². The standard InChI is InChI=1S/C21H20ClN3O3S3/c22-18-16-6-2-3-7-17(16)30-19(18)20(26)24-21(29)23-14-8-10-15(11-9-14)31(27,28)25-12-4-1-5-13-25/h2-3,6-11H,1,4-5,12-13H2,(H2,23,24,26,29). The fourth-order valence-electron chi connectivity index (χ4n) is 3.45. The zero-order valence-corrected chi connectivity index (χ0v) is 19.6. The summed E-state index contributed by atoms with van der Waals surface area (Å²) in [5.74, 6) is -0.395. The first-order valence-electron chi connectivity index (χ1n) is 9.76. The average Bonchev–Trinajstić information content (AvgIpc) is 3.11. The zero-order valence-electron chi connectivity index (χ0n) is 16.4. The monoisotopic (exact) mass is 493 g/mol. The Morgan fingerprint density at radius 3 is 2.39 bits per heavy atom. The molecule has 0 saturated carbocycles. The van der Waals surface area contributed by atoms with Gasteiger partial charge in [-0.3, -0.25) is 10.1 Å². The molecule has 31 heavy (non-hydrogen) atoms. The highest BCUT2D eigenvalue weighted by molar-refractivity contribution is 7.89. The molecule has 0 atom stereocenters. The summed E-state index contributed by atoms with van der Waals surface area (Å²) in [4.78, 5) is 13.2. The number of carbonyl (C=O) groups is 1. The molecule has 1 aromatic heterocycles. The molecule has 4 rings (SSSR count). The molecule has 0 radical (unpaired) electrons. The number of nitrogens with one attached hydrogen (secondary N) is 2. The molecule has 0 spiro atoms. The Labute approximate surface area is 195 Å². The van der Waals surface area contributed by atoms with Gasteiger partial charge in [0.2, 0.25) is 10.0 Å². The van der Waals surface area contributed by atoms with Crippen molar-refractivity contribution in [2.45, 2.75) is 24.2 Å². The van der Waals surface area contributed by atoms with Crippen LogP contribution in [-0.4, -0.2) is 36.8 Å². The van der Waals surface area contributed by atoms with Crippen molar-refractivity contribution in [3.05, 3.63) is 58.4 Å². The fourth-order valence-corrected chi connectivity index (χ4v) is 6.59. The minimum Gasteiger partial charge on any atom is -0.332 e. The molecule has 2 heterocycles. The third-order valence-electron chi connectivity index (χ3n) is 5.03. The Morgan fingerprint density at radius 2 is 1.71 bits per heavy atom. The molecule has 2 aromatic carbocycles. The van der Waals surface area contributed by atoms with Gasteiger partial charge >= 0.3 is 0 Å². The minimum atomic E-state index is -3.49. The van der Waals surface area contributed by atoms with E-state index >= 15 is 0 Å². The Hall–Kier alpha value is -2.04. The zero-order chi connectivity index (χ0) is 22.0. The van der Waals surface area contributed by atoms with Gasteiger partial charge in [0.25, 0.3) is 5.91 Å². The summed E-state index contributed by atoms with van der Waals surface area (Å²) in [6.45, 7) is 1.11. The summed E-state index contributed by atoms with van der Waals surface area (Å²) in [7, 11) is -3.49. The first kappa shape index (κ1) is 22.2. The lowest BCUT2D eigenvalue weighted by Crippen LogP contribution is -2.35. The molecule has 1 aliphatic rings. The molecular weight excluding hydrogens is 474 g/mol. The number of carbonyl (C=O) groups excluding carboxylic acids is 1. The van der Waals surface area contributed by atoms with Crippen LogP contribution in [0.1, 0.15) is 28.9 Å². The number of hydrogen-bond acceptors (Lipinski definition) is 5. The van der Waals surface area contributed by atoms with Crippen molar-refractivity contribution in [1.82, 2.24) is 9.62 Å². The molecule has 3 aromatic rings. The number of thiophene rings is 1. The Morgan fingerprint density at radius 1 is 1.03 bits per heavy atom. The molecule has 0 aliphatic carbocycles. The van der Waals surface area contributed by atoms with E-state index in [1.54, 1.807) is 24.3 Å². The normalized spacial score (nSPS) is 15.0. The predicted molar refractivity (Wildman–Crippen MR) is 130 cm³/mol. The van der Waals surface area contributed by atoms with E-state index in [4.69, 9.17) is 23.8 Å². The van der Waals surface area contributed by atoms with Gasteiger partial charge in [-0.15, -0.1) is 11.3 Å². The van der Waals surface area contributed by atoms with Gasteiger partial charge in [-0.2, -0.15) is 4.31 Å². The molecular formula is C21H20ClN3O3S3. The third kappa shape index (κ3) is 4.75. The van der Waals surface area contributed by atoms with Crippen LogP contribution in [0.4, 0.5) is 5.69 Å². The maximum absolute atomic E-state index is 12.7. The maximum Gasteiger partial charge on any atom is 0.269 e. The quantitative estimate of drug-likeness (QED) is 0.507. The molecule has 0 bridgehead atoms. The summed E-state index contributed by atoms with van der Waals surface area (Å²) >= 11 is 12.9. The number of thiocarbonyl (C=S) groups is 1. The number of fused-ring (bicyclic) bond motifs is 1. The number of piperidine rings is 1. The fraction of sp³-hybridized carbons (Fsp3) is 0.238. The van der Waals surface area contributed by atoms with Crippen LogP contribution >= 0.6 is 35.2 Å². The molecule has 162 valence electrons. The highest BCUT2D eigenvalue weighted by Gasteiger charge is 2.25. The van der Waals surface area contributed by atoms with E-state index in [1.807, 2.05) is 24.3 Å². The molecule has 0 unspecified atom stereocenters. The Kier molecular flexibility index (Phi) is 6.59. The van der Waals surface area contributed by atoms with E-state index in [9.17, 15) is 13.2 Å². The highest BCUT2D eigenvalue weighted by Crippen LogP contribution is 2.35. The van der Waals surface area contributed by atoms with Crippen LogP contribution in [0.25, 0.3) is 10.1 Å². The SMILES string of the molecule is O=C(NC(=S)Nc1ccc(S(=O)(=O)N2CCCCC2)cc1)c1sc2ccccc2c1Cl. The molecule has 1 amide bonds. The number of anilines is 1. The first-order valence-corrected chi connectivity index (χ1v) is 12.8. The number of benzene rings is 2. The van der Waals surface area contributed by atoms with Crippen LogP contribution in [0.3, 0.4) is 0 Å². The molecule has 1 aliphatic heterocycles. The number of nitrogens with zero attached hydrogens (tertiary/aromatic N) is 1. The lowest BCUT2D eigenvalue weighted by molar-refractivity contribution is 0.0982. The molecule has 10 heteroatoms. The number of halogens is 1. The van der Waals surface area contributed by atoms with Crippen LogP contribution in [0.5, 0.6) is 0 Å². The Balaban J connectivity index is 1.41. The number of amides is 1. The highest BCUT2D eigenvalue weighted by atomic mass is 35.5. The minimum absolute atomic E-state index is 0.102. The van der Waals surface area contributed by atoms with E-state index in [0.29, 0.717) is 28.7 Å². The topological polar surface area (TPSA) is 78.5 Å². The average molecular weight is 494 g/mol. The van der Waals surface area contributed by atoms with E-state index < -0.39 is 15.9 Å². The van der Waals surface area contributed by atoms with Crippen LogP contribution < -0.4 is 10.6 Å². The number of rotatable bonds is 4. The van der Waals surface area contributed by atoms with Gasteiger partial charge in [0.1, 0.15) is 4.88 Å². The predicted octanol–water partition coefficient (Wildman–Crippen LogP) is 4.86. The summed E-state index contributed by atoms with van der Waals surface area (Å²) in [6.07, 6.45) is 2.83. The van der Waals surface area contributed by atoms with Crippen molar-refractivity contribution in [1.29, 1.82) is 0 Å². The van der Waals surface area contributed by atoms with Crippen LogP contribution in [0.15, 0.2) is 53.4 Å². The van der Waals surface area contributed by atoms with E-state index in [1.165, 1.54) is 15.6 Å². The smallest absolute Gasteiger partial charge is 0.269 e. The maximum atomic E-state index is 12.7. The third-order valence-corrected chi connectivity index (χ3v) is 8.82. The van der Waals surface area contributed by atoms with Crippen molar-refractivity contribution in [2.24, 2.45) is 0 Å². The van der Waals surface area contributed by atoms with E-state index in [2.05, 4.69) is 10.6 Å². The van der Waals surface area contributed by atoms with Gasteiger partial charge < -0.3 is 5.32 Å². The molecule has 1 fully saturated rings. The number of sulfonamides is 1. The van der Waals surface area contributed by atoms with E-state index in [-0.39, 0.29) is 10.0 Å². The van der Waals surface area contributed by atoms with Gasteiger partial charge in [0.15, 0.2) is 5.11 Å². The summed E-state index contributed by atoms with van der Waals surface area (Å²) in [5.41, 5.74) is 0.574. The van der Waals surface area contributed by atoms with E-state index in [0.717, 1.165) is 29.3 Å². The van der Waals surface area contributed by atoms with Gasteiger partial charge in [-0.05, 0) is 55.4 Å². The van der Waals surface area contributed by atoms with Gasteiger partial charge in [0.05, 0.1) is 9.92 Å². The molecule has 2 N–H and O–H groups in total. The van der Waals surface area contributed by atoms with Crippen molar-refractivity contribution >= 4 is 72.0 Å². The lowest BCUT2D eigenvalue weighted by Gasteiger charge is -2.25. The lowest BCUT2D eigenvalue weighted by atomic mass is 10.2. The van der Waals surface area contributed by atoms with Crippen molar-refractivity contribution in [3.63, 3.8) is 0 Å². The second-order valence-corrected chi connectivity index (χ2v) is 10.9.